The zero-order valence-corrected chi connectivity index (χ0v) is 15.5. The molecule has 0 aliphatic rings. The molecular formula is C17H22N2O5S. The monoisotopic (exact) mass is 366 g/mol. The van der Waals surface area contributed by atoms with E-state index in [4.69, 9.17) is 19.9 Å². The molecule has 0 aliphatic heterocycles. The molecular weight excluding hydrogens is 344 g/mol. The molecule has 0 amide bonds. The summed E-state index contributed by atoms with van der Waals surface area (Å²) >= 11 is 0. The maximum Gasteiger partial charge on any atom is 0.232 e. The highest BCUT2D eigenvalue weighted by atomic mass is 32.2. The van der Waals surface area contributed by atoms with E-state index in [-0.39, 0.29) is 6.61 Å². The van der Waals surface area contributed by atoms with Gasteiger partial charge >= 0.3 is 0 Å². The van der Waals surface area contributed by atoms with E-state index in [0.29, 0.717) is 28.6 Å². The van der Waals surface area contributed by atoms with Crippen molar-refractivity contribution >= 4 is 21.4 Å². The molecule has 25 heavy (non-hydrogen) atoms. The Morgan fingerprint density at radius 3 is 2.36 bits per heavy atom. The summed E-state index contributed by atoms with van der Waals surface area (Å²) < 4.78 is 41.2. The molecule has 0 fully saturated rings. The van der Waals surface area contributed by atoms with Gasteiger partial charge in [-0.15, -0.1) is 0 Å². The van der Waals surface area contributed by atoms with Gasteiger partial charge < -0.3 is 19.9 Å². The summed E-state index contributed by atoms with van der Waals surface area (Å²) in [4.78, 5) is 0. The maximum absolute atomic E-state index is 11.8. The highest BCUT2D eigenvalue weighted by Crippen LogP contribution is 2.33. The van der Waals surface area contributed by atoms with Gasteiger partial charge in [-0.3, -0.25) is 4.31 Å². The zero-order valence-electron chi connectivity index (χ0n) is 14.6. The number of anilines is 2. The highest BCUT2D eigenvalue weighted by molar-refractivity contribution is 7.92. The van der Waals surface area contributed by atoms with Crippen LogP contribution in [0, 0.1) is 0 Å². The van der Waals surface area contributed by atoms with Gasteiger partial charge in [0.15, 0.2) is 0 Å². The fourth-order valence-electron chi connectivity index (χ4n) is 2.24. The summed E-state index contributed by atoms with van der Waals surface area (Å²) in [5.74, 6) is 1.67. The van der Waals surface area contributed by atoms with Gasteiger partial charge in [0.2, 0.25) is 10.0 Å². The van der Waals surface area contributed by atoms with E-state index < -0.39 is 10.0 Å². The van der Waals surface area contributed by atoms with Crippen LogP contribution in [-0.4, -0.2) is 35.9 Å². The summed E-state index contributed by atoms with van der Waals surface area (Å²) in [6.07, 6.45) is 1.12. The molecule has 136 valence electrons. The molecule has 0 atom stereocenters. The normalized spacial score (nSPS) is 11.0. The summed E-state index contributed by atoms with van der Waals surface area (Å²) in [6.45, 7) is 0.161. The van der Waals surface area contributed by atoms with Gasteiger partial charge in [-0.2, -0.15) is 0 Å². The number of nitrogens with two attached hydrogens (primary N) is 1. The second-order valence-electron chi connectivity index (χ2n) is 5.42. The molecule has 2 rings (SSSR count). The molecule has 0 saturated carbocycles. The van der Waals surface area contributed by atoms with Crippen LogP contribution in [0.5, 0.6) is 17.2 Å². The first-order valence-corrected chi connectivity index (χ1v) is 9.28. The number of sulfonamides is 1. The Morgan fingerprint density at radius 2 is 1.76 bits per heavy atom. The van der Waals surface area contributed by atoms with E-state index >= 15 is 0 Å². The minimum atomic E-state index is -3.43. The number of methoxy groups -OCH3 is 2. The SMILES string of the molecule is COc1ccc(OC)c(COc2cc(N)ccc2N(C)S(C)(=O)=O)c1. The predicted octanol–water partition coefficient (Wildman–Crippen LogP) is 2.26. The molecule has 2 N–H and O–H groups in total. The molecule has 0 radical (unpaired) electrons. The molecule has 0 aliphatic carbocycles. The number of ether oxygens (including phenoxy) is 3. The Balaban J connectivity index is 2.34. The number of rotatable bonds is 7. The first-order valence-electron chi connectivity index (χ1n) is 7.43. The highest BCUT2D eigenvalue weighted by Gasteiger charge is 2.17. The Bertz CT molecular complexity index is 852. The first-order chi connectivity index (χ1) is 11.8. The van der Waals surface area contributed by atoms with E-state index in [0.717, 1.165) is 16.1 Å². The molecule has 7 nitrogen and oxygen atoms in total. The number of hydrogen-bond acceptors (Lipinski definition) is 6. The van der Waals surface area contributed by atoms with Crippen LogP contribution < -0.4 is 24.2 Å². The van der Waals surface area contributed by atoms with Crippen molar-refractivity contribution in [3.05, 3.63) is 42.0 Å². The topological polar surface area (TPSA) is 91.1 Å². The van der Waals surface area contributed by atoms with Gasteiger partial charge in [-0.1, -0.05) is 0 Å². The van der Waals surface area contributed by atoms with Crippen molar-refractivity contribution in [1.82, 2.24) is 0 Å². The van der Waals surface area contributed by atoms with Crippen molar-refractivity contribution in [3.63, 3.8) is 0 Å². The van der Waals surface area contributed by atoms with Gasteiger partial charge in [0.1, 0.15) is 23.9 Å². The molecule has 0 aromatic heterocycles. The lowest BCUT2D eigenvalue weighted by molar-refractivity contribution is 0.296. The second kappa shape index (κ2) is 7.52. The molecule has 0 bridgehead atoms. The summed E-state index contributed by atoms with van der Waals surface area (Å²) in [6, 6.07) is 10.2. The van der Waals surface area contributed by atoms with Crippen molar-refractivity contribution in [2.75, 3.05) is 37.6 Å². The molecule has 2 aromatic rings. The van der Waals surface area contributed by atoms with Crippen LogP contribution in [0.25, 0.3) is 0 Å². The lowest BCUT2D eigenvalue weighted by Crippen LogP contribution is -2.25. The third-order valence-electron chi connectivity index (χ3n) is 3.69. The number of nitrogens with zero attached hydrogens (tertiary/aromatic N) is 1. The predicted molar refractivity (Wildman–Crippen MR) is 98.0 cm³/mol. The van der Waals surface area contributed by atoms with Crippen molar-refractivity contribution in [1.29, 1.82) is 0 Å². The molecule has 0 saturated heterocycles. The van der Waals surface area contributed by atoms with Crippen LogP contribution in [0.2, 0.25) is 0 Å². The van der Waals surface area contributed by atoms with Crippen LogP contribution in [-0.2, 0) is 16.6 Å². The standard InChI is InChI=1S/C17H22N2O5S/c1-19(25(4,20)21)15-7-5-13(18)10-17(15)24-11-12-9-14(22-2)6-8-16(12)23-3/h5-10H,11,18H2,1-4H3. The van der Waals surface area contributed by atoms with Crippen molar-refractivity contribution in [3.8, 4) is 17.2 Å². The molecule has 0 spiro atoms. The largest absolute Gasteiger partial charge is 0.497 e. The van der Waals surface area contributed by atoms with Gasteiger partial charge in [0, 0.05) is 24.4 Å². The fourth-order valence-corrected chi connectivity index (χ4v) is 2.74. The van der Waals surface area contributed by atoms with Gasteiger partial charge in [0.25, 0.3) is 0 Å². The van der Waals surface area contributed by atoms with E-state index in [1.54, 1.807) is 50.6 Å². The van der Waals surface area contributed by atoms with Crippen LogP contribution in [0.1, 0.15) is 5.56 Å². The summed E-state index contributed by atoms with van der Waals surface area (Å²) in [7, 11) is 1.17. The number of nitrogen functional groups attached to an aromatic ring is 1. The molecule has 8 heteroatoms. The number of hydrogen-bond donors (Lipinski definition) is 1. The van der Waals surface area contributed by atoms with E-state index in [9.17, 15) is 8.42 Å². The lowest BCUT2D eigenvalue weighted by atomic mass is 10.2. The molecule has 2 aromatic carbocycles. The molecule has 0 heterocycles. The van der Waals surface area contributed by atoms with Gasteiger partial charge in [-0.05, 0) is 30.3 Å². The van der Waals surface area contributed by atoms with Gasteiger partial charge in [0.05, 0.1) is 26.2 Å². The van der Waals surface area contributed by atoms with E-state index in [1.165, 1.54) is 7.05 Å². The minimum Gasteiger partial charge on any atom is -0.497 e. The van der Waals surface area contributed by atoms with Crippen molar-refractivity contribution < 1.29 is 22.6 Å². The van der Waals surface area contributed by atoms with Crippen molar-refractivity contribution in [2.45, 2.75) is 6.61 Å². The Morgan fingerprint density at radius 1 is 1.04 bits per heavy atom. The van der Waals surface area contributed by atoms with E-state index in [2.05, 4.69) is 0 Å². The third-order valence-corrected chi connectivity index (χ3v) is 4.88. The Labute approximate surface area is 148 Å². The van der Waals surface area contributed by atoms with Gasteiger partial charge in [-0.25, -0.2) is 8.42 Å². The van der Waals surface area contributed by atoms with Crippen LogP contribution in [0.3, 0.4) is 0 Å². The second-order valence-corrected chi connectivity index (χ2v) is 7.44. The van der Waals surface area contributed by atoms with Crippen molar-refractivity contribution in [2.24, 2.45) is 0 Å². The quantitative estimate of drug-likeness (QED) is 0.756. The fraction of sp³-hybridized carbons (Fsp3) is 0.294. The zero-order chi connectivity index (χ0) is 18.6. The van der Waals surface area contributed by atoms with E-state index in [1.807, 2.05) is 0 Å². The first kappa shape index (κ1) is 18.7. The smallest absolute Gasteiger partial charge is 0.232 e. The average molecular weight is 366 g/mol. The average Bonchev–Trinajstić information content (AvgIpc) is 2.58. The van der Waals surface area contributed by atoms with Crippen LogP contribution in [0.15, 0.2) is 36.4 Å². The maximum atomic E-state index is 11.8. The minimum absolute atomic E-state index is 0.161. The number of benzene rings is 2. The Kier molecular flexibility index (Phi) is 5.63. The Hall–Kier alpha value is -2.61. The summed E-state index contributed by atoms with van der Waals surface area (Å²) in [5, 5.41) is 0. The third kappa shape index (κ3) is 4.48. The van der Waals surface area contributed by atoms with Crippen LogP contribution >= 0.6 is 0 Å². The lowest BCUT2D eigenvalue weighted by Gasteiger charge is -2.21. The molecule has 0 unspecified atom stereocenters. The van der Waals surface area contributed by atoms with Crippen LogP contribution in [0.4, 0.5) is 11.4 Å². The summed E-state index contributed by atoms with van der Waals surface area (Å²) in [5.41, 5.74) is 7.45.